The average molecular weight is 268 g/mol. The third-order valence-electron chi connectivity index (χ3n) is 1.52. The number of para-hydroxylation sites is 1. The zero-order valence-corrected chi connectivity index (χ0v) is 9.34. The quantitative estimate of drug-likeness (QED) is 0.693. The summed E-state index contributed by atoms with van der Waals surface area (Å²) in [7, 11) is 0. The SMILES string of the molecule is N=c1sc2ccccc2[n]1[Sn]. The fraction of sp³-hybridized carbons (Fsp3) is 0. The molecule has 0 bridgehead atoms. The van der Waals surface area contributed by atoms with Crippen LogP contribution in [0.25, 0.3) is 10.2 Å². The average Bonchev–Trinajstić information content (AvgIpc) is 2.30. The molecule has 1 heterocycles. The molecule has 1 aromatic heterocycles. The van der Waals surface area contributed by atoms with Gasteiger partial charge in [-0.15, -0.1) is 0 Å². The van der Waals surface area contributed by atoms with Crippen LogP contribution >= 0.6 is 11.3 Å². The van der Waals surface area contributed by atoms with Crippen LogP contribution in [0.5, 0.6) is 0 Å². The number of nitrogens with one attached hydrogen (secondary N) is 1. The summed E-state index contributed by atoms with van der Waals surface area (Å²) in [5.41, 5.74) is 1.18. The number of rotatable bonds is 0. The predicted molar refractivity (Wildman–Crippen MR) is 46.8 cm³/mol. The summed E-state index contributed by atoms with van der Waals surface area (Å²) >= 11 is 2.79. The van der Waals surface area contributed by atoms with Gasteiger partial charge in [-0.3, -0.25) is 0 Å². The third-order valence-corrected chi connectivity index (χ3v) is 4.25. The van der Waals surface area contributed by atoms with Crippen molar-refractivity contribution in [2.24, 2.45) is 0 Å². The second-order valence-corrected chi connectivity index (χ2v) is 4.52. The van der Waals surface area contributed by atoms with Gasteiger partial charge in [-0.2, -0.15) is 0 Å². The molecular formula is C7H5N2SSn. The molecule has 11 heavy (non-hydrogen) atoms. The maximum absolute atomic E-state index is 7.55. The van der Waals surface area contributed by atoms with Crippen molar-refractivity contribution >= 4 is 44.4 Å². The van der Waals surface area contributed by atoms with E-state index in [0.29, 0.717) is 4.80 Å². The van der Waals surface area contributed by atoms with Gasteiger partial charge in [0, 0.05) is 0 Å². The van der Waals surface area contributed by atoms with E-state index in [2.05, 4.69) is 12.1 Å². The molecular weight excluding hydrogens is 263 g/mol. The summed E-state index contributed by atoms with van der Waals surface area (Å²) in [6.45, 7) is 0. The van der Waals surface area contributed by atoms with Gasteiger partial charge in [0.05, 0.1) is 0 Å². The molecule has 0 fully saturated rings. The summed E-state index contributed by atoms with van der Waals surface area (Å²) in [5, 5.41) is 7.55. The van der Waals surface area contributed by atoms with Crippen molar-refractivity contribution in [1.82, 2.24) is 2.79 Å². The number of aromatic nitrogens is 1. The van der Waals surface area contributed by atoms with Crippen LogP contribution in [-0.2, 0) is 0 Å². The van der Waals surface area contributed by atoms with Gasteiger partial charge in [0.25, 0.3) is 0 Å². The van der Waals surface area contributed by atoms with Crippen molar-refractivity contribution in [3.8, 4) is 0 Å². The third kappa shape index (κ3) is 1.12. The van der Waals surface area contributed by atoms with E-state index in [0.717, 1.165) is 0 Å². The van der Waals surface area contributed by atoms with Crippen molar-refractivity contribution in [2.45, 2.75) is 0 Å². The van der Waals surface area contributed by atoms with Crippen LogP contribution in [0, 0.1) is 5.41 Å². The van der Waals surface area contributed by atoms with Crippen molar-refractivity contribution in [3.63, 3.8) is 0 Å². The molecule has 3 radical (unpaired) electrons. The van der Waals surface area contributed by atoms with Crippen LogP contribution in [0.1, 0.15) is 0 Å². The van der Waals surface area contributed by atoms with Crippen molar-refractivity contribution in [1.29, 1.82) is 5.41 Å². The molecule has 0 aliphatic carbocycles. The Balaban J connectivity index is 3.04. The van der Waals surface area contributed by atoms with Crippen molar-refractivity contribution in [3.05, 3.63) is 29.1 Å². The summed E-state index contributed by atoms with van der Waals surface area (Å²) in [5.74, 6) is 0. The van der Waals surface area contributed by atoms with Gasteiger partial charge in [0.1, 0.15) is 0 Å². The summed E-state index contributed by atoms with van der Waals surface area (Å²) in [6, 6.07) is 8.13. The first-order chi connectivity index (χ1) is 5.29. The van der Waals surface area contributed by atoms with Crippen LogP contribution in [-0.4, -0.2) is 25.6 Å². The topological polar surface area (TPSA) is 28.8 Å². The normalized spacial score (nSPS) is 10.6. The maximum atomic E-state index is 7.55. The monoisotopic (exact) mass is 269 g/mol. The van der Waals surface area contributed by atoms with Gasteiger partial charge in [-0.25, -0.2) is 0 Å². The summed E-state index contributed by atoms with van der Waals surface area (Å²) < 4.78 is 3.18. The van der Waals surface area contributed by atoms with Crippen LogP contribution in [0.3, 0.4) is 0 Å². The van der Waals surface area contributed by atoms with Gasteiger partial charge in [-0.05, 0) is 0 Å². The van der Waals surface area contributed by atoms with E-state index in [1.807, 2.05) is 14.9 Å². The molecule has 0 amide bonds. The fourth-order valence-corrected chi connectivity index (χ4v) is 2.97. The molecule has 53 valence electrons. The number of fused-ring (bicyclic) bond motifs is 1. The van der Waals surface area contributed by atoms with Gasteiger partial charge >= 0.3 is 81.6 Å². The molecule has 0 atom stereocenters. The predicted octanol–water partition coefficient (Wildman–Crippen LogP) is 1.11. The minimum absolute atomic E-state index is 0.643. The summed E-state index contributed by atoms with van der Waals surface area (Å²) in [6.07, 6.45) is 0. The molecule has 1 N–H and O–H groups in total. The Morgan fingerprint density at radius 2 is 2.09 bits per heavy atom. The van der Waals surface area contributed by atoms with Crippen molar-refractivity contribution < 1.29 is 0 Å². The Hall–Kier alpha value is -0.291. The number of hydrogen-bond acceptors (Lipinski definition) is 2. The first-order valence-electron chi connectivity index (χ1n) is 3.16. The Bertz CT molecular complexity index is 443. The van der Waals surface area contributed by atoms with Crippen LogP contribution in [0.15, 0.2) is 24.3 Å². The Morgan fingerprint density at radius 3 is 2.82 bits per heavy atom. The molecule has 0 unspecified atom stereocenters. The van der Waals surface area contributed by atoms with E-state index >= 15 is 0 Å². The molecule has 1 aromatic carbocycles. The molecule has 4 heteroatoms. The number of benzene rings is 1. The molecule has 0 saturated carbocycles. The van der Waals surface area contributed by atoms with Gasteiger partial charge in [0.15, 0.2) is 0 Å². The molecule has 2 aromatic rings. The molecule has 0 aliphatic rings. The Kier molecular flexibility index (Phi) is 1.77. The van der Waals surface area contributed by atoms with Crippen LogP contribution in [0.4, 0.5) is 0 Å². The second kappa shape index (κ2) is 2.64. The molecule has 0 aliphatic heterocycles. The Labute approximate surface area is 81.4 Å². The zero-order chi connectivity index (χ0) is 7.84. The van der Waals surface area contributed by atoms with Gasteiger partial charge in [-0.1, -0.05) is 0 Å². The molecule has 2 rings (SSSR count). The van der Waals surface area contributed by atoms with Crippen LogP contribution < -0.4 is 4.80 Å². The van der Waals surface area contributed by atoms with E-state index in [4.69, 9.17) is 5.41 Å². The van der Waals surface area contributed by atoms with Crippen molar-refractivity contribution in [2.75, 3.05) is 0 Å². The van der Waals surface area contributed by atoms with E-state index in [9.17, 15) is 0 Å². The first kappa shape index (κ1) is 7.36. The van der Waals surface area contributed by atoms with E-state index in [-0.39, 0.29) is 0 Å². The number of thiazole rings is 1. The van der Waals surface area contributed by atoms with Gasteiger partial charge < -0.3 is 0 Å². The van der Waals surface area contributed by atoms with E-state index in [1.165, 1.54) is 44.4 Å². The zero-order valence-electron chi connectivity index (χ0n) is 5.66. The number of hydrogen-bond donors (Lipinski definition) is 1. The molecule has 0 saturated heterocycles. The Morgan fingerprint density at radius 1 is 1.36 bits per heavy atom. The number of nitrogens with zero attached hydrogens (tertiary/aromatic N) is 1. The molecule has 0 spiro atoms. The van der Waals surface area contributed by atoms with E-state index in [1.54, 1.807) is 0 Å². The minimum atomic E-state index is 0.643. The standard InChI is InChI=1S/C7H5N2S.Sn/c8-7-9-5-3-1-2-4-6(5)10-7;/h1-4H,(H-,8,9);/q-1;+1. The van der Waals surface area contributed by atoms with E-state index < -0.39 is 0 Å². The summed E-state index contributed by atoms with van der Waals surface area (Å²) in [4.78, 5) is 0.643. The fourth-order valence-electron chi connectivity index (χ4n) is 0.987. The molecule has 2 nitrogen and oxygen atoms in total. The van der Waals surface area contributed by atoms with Crippen LogP contribution in [0.2, 0.25) is 0 Å². The van der Waals surface area contributed by atoms with Gasteiger partial charge in [0.2, 0.25) is 0 Å². The first-order valence-corrected chi connectivity index (χ1v) is 5.25. The second-order valence-electron chi connectivity index (χ2n) is 2.21.